The van der Waals surface area contributed by atoms with E-state index in [1.165, 1.54) is 83.5 Å². The fourth-order valence-electron chi connectivity index (χ4n) is 19.4. The van der Waals surface area contributed by atoms with Crippen molar-refractivity contribution in [3.8, 4) is 62.9 Å². The van der Waals surface area contributed by atoms with E-state index in [1.54, 1.807) is 0 Å². The molecule has 134 heavy (non-hydrogen) atoms. The number of halogens is 2. The Hall–Kier alpha value is -11.3. The SMILES string of the molecule is CN[C@H](CC(C)C)C(=O)N[C@H]1C(=O)N[C@@H](CC(=O)NC(=O)Nc2ccc(OC)cc2)C(=O)N[C@H]2C(=O)N[C@H]3C(=O)N[C@H](C(=O)N[C@H](C(=O)NC4C5CC6CC(C5)CC4C6)c4cc(O)c(CNCCCCCCNC(C)=O)c(O)c4-c4cc3ccc4O)[C@H](O)c3ccc(c(Cl)c3)Oc3cc2cc(c3O[C@@H]2O[C@H](CO)[C@@H](O)[C@H](O)[C@H]2O[C@H]2C[C@](C)(N)[C@H](O)[C@H](C)O2)Oc2ccc(cc2Cl)[C@H]1O. The number of methoxy groups -OCH3 is 1. The van der Waals surface area contributed by atoms with E-state index in [2.05, 4.69) is 63.8 Å². The van der Waals surface area contributed by atoms with Crippen LogP contribution < -0.4 is 88.5 Å². The van der Waals surface area contributed by atoms with Crippen molar-refractivity contribution >= 4 is 88.1 Å². The van der Waals surface area contributed by atoms with Gasteiger partial charge in [0, 0.05) is 54.8 Å². The summed E-state index contributed by atoms with van der Waals surface area (Å²) in [6, 6.07) is 3.44. The maximum atomic E-state index is 16.9. The standard InChI is InChI=1S/C93H115Cl2N13O26/c1-40(2)24-58(97-6)84(120)107-74-76(114)46-13-20-62(56(94)31-46)130-64-33-50-34-65(81(64)134-91-82(80(118)79(117)66(39-109)132-91)133-68-37-93(5,96)83(119)41(3)129-68)131-63-21-14-47(32-57(63)95)77(115)75-90(126)106-73(88(124)103-70-48-26-43-25-44(28-48)29-49(70)27-43)54-35-61(112)55(38-98-22-10-8-9-11-23-99-42(4)110)78(116)69(54)53-30-45(12-19-60(53)111)71(86(122)108-75)105-87(123)72(50)104-85(121)59(101-89(74)125)36-67(113)102-92(127)100-51-15-17-52(128-7)18-16-51/h12-21,30-35,40-41,43-44,48-49,58-59,66,68,70-77,79-80,82-83,91,97-98,109,111-112,114-119H,8-11,22-29,36-39,96H2,1-7H3,(H,99,110)(H,101,125)(H,103,124)(H,104,121)(H,105,123)(H,106,126)(H,107,120)(H,108,122)(H2,100,102,113,127)/t41-,43?,44?,48?,49?,58+,59-,66+,68-,70?,71+,72+,73-,74+,75-,76+,77+,79+,80-,82+,83+,91-,93-/m0/s1. The minimum Gasteiger partial charge on any atom is -0.507 e. The Kier molecular flexibility index (Phi) is 31.2. The van der Waals surface area contributed by atoms with Crippen LogP contribution in [0, 0.1) is 29.6 Å². The fraction of sp³-hybridized carbons (Fsp3) is 0.505. The highest BCUT2D eigenvalue weighted by molar-refractivity contribution is 6.32. The lowest BCUT2D eigenvalue weighted by molar-refractivity contribution is -0.333. The Balaban J connectivity index is 0.964. The van der Waals surface area contributed by atoms with Crippen molar-refractivity contribution in [2.75, 3.05) is 39.2 Å². The smallest absolute Gasteiger partial charge is 0.325 e. The third-order valence-electron chi connectivity index (χ3n) is 26.1. The number of aromatic hydroxyl groups is 3. The number of hydrogen-bond acceptors (Lipinski definition) is 29. The number of nitrogens with two attached hydrogens (primary N) is 1. The van der Waals surface area contributed by atoms with Crippen LogP contribution in [-0.2, 0) is 63.9 Å². The van der Waals surface area contributed by atoms with Crippen LogP contribution in [0.5, 0.6) is 51.7 Å². The Morgan fingerprint density at radius 3 is 1.90 bits per heavy atom. The molecular formula is C93H115Cl2N13O26. The number of imide groups is 1. The molecule has 7 heterocycles. The lowest BCUT2D eigenvalue weighted by Gasteiger charge is -2.54. The molecule has 6 aromatic rings. The molecule has 0 radical (unpaired) electrons. The zero-order valence-electron chi connectivity index (χ0n) is 74.6. The van der Waals surface area contributed by atoms with Crippen LogP contribution in [0.15, 0.2) is 97.1 Å². The van der Waals surface area contributed by atoms with Gasteiger partial charge in [-0.1, -0.05) is 68.1 Å². The number of carbonyl (C=O) groups excluding carboxylic acids is 10. The largest absolute Gasteiger partial charge is 0.507 e. The molecule has 6 fully saturated rings. The first-order valence-corrected chi connectivity index (χ1v) is 45.6. The third kappa shape index (κ3) is 22.3. The van der Waals surface area contributed by atoms with Crippen molar-refractivity contribution in [3.63, 3.8) is 0 Å². The van der Waals surface area contributed by atoms with Crippen LogP contribution in [0.1, 0.15) is 175 Å². The lowest BCUT2D eigenvalue weighted by Crippen LogP contribution is -2.64. The molecule has 7 aliphatic heterocycles. The quantitative estimate of drug-likeness (QED) is 0.0348. The molecule has 18 atom stereocenters. The van der Waals surface area contributed by atoms with Gasteiger partial charge in [-0.3, -0.25) is 48.5 Å². The highest BCUT2D eigenvalue weighted by Crippen LogP contribution is 2.55. The summed E-state index contributed by atoms with van der Waals surface area (Å²) in [7, 11) is 2.88. The van der Waals surface area contributed by atoms with Gasteiger partial charge in [-0.25, -0.2) is 4.79 Å². The third-order valence-corrected chi connectivity index (χ3v) is 26.7. The predicted molar refractivity (Wildman–Crippen MR) is 480 cm³/mol. The Morgan fingerprint density at radius 1 is 0.664 bits per heavy atom. The normalized spacial score (nSPS) is 29.0. The summed E-state index contributed by atoms with van der Waals surface area (Å²) in [5, 5.41) is 141. The van der Waals surface area contributed by atoms with Gasteiger partial charge in [0.05, 0.1) is 54.0 Å². The number of anilines is 1. The Labute approximate surface area is 781 Å². The summed E-state index contributed by atoms with van der Waals surface area (Å²) in [4.78, 5) is 152. The number of aliphatic hydroxyl groups excluding tert-OH is 6. The number of fused-ring (bicyclic) bond motifs is 15. The summed E-state index contributed by atoms with van der Waals surface area (Å²) in [5.74, 6) is -13.8. The molecule has 4 aliphatic carbocycles. The molecule has 0 unspecified atom stereocenters. The van der Waals surface area contributed by atoms with Crippen LogP contribution in [0.25, 0.3) is 11.1 Å². The van der Waals surface area contributed by atoms with E-state index in [4.69, 9.17) is 62.1 Å². The molecule has 0 spiro atoms. The first-order chi connectivity index (χ1) is 63.8. The summed E-state index contributed by atoms with van der Waals surface area (Å²) < 4.78 is 44.5. The van der Waals surface area contributed by atoms with Gasteiger partial charge in [-0.15, -0.1) is 0 Å². The summed E-state index contributed by atoms with van der Waals surface area (Å²) in [6.07, 6.45) is -12.2. The van der Waals surface area contributed by atoms with Gasteiger partial charge in [-0.05, 0) is 215 Å². The number of hydrogen-bond donors (Lipinski definition) is 22. The van der Waals surface area contributed by atoms with E-state index in [0.717, 1.165) is 87.1 Å². The van der Waals surface area contributed by atoms with Crippen molar-refractivity contribution in [3.05, 3.63) is 140 Å². The van der Waals surface area contributed by atoms with Gasteiger partial charge in [-0.2, -0.15) is 0 Å². The lowest BCUT2D eigenvalue weighted by atomic mass is 9.54. The predicted octanol–water partition coefficient (Wildman–Crippen LogP) is 4.62. The highest BCUT2D eigenvalue weighted by Gasteiger charge is 2.54. The van der Waals surface area contributed by atoms with Crippen molar-refractivity contribution in [1.29, 1.82) is 0 Å². The van der Waals surface area contributed by atoms with Crippen molar-refractivity contribution in [2.24, 2.45) is 35.3 Å². The number of ether oxygens (including phenoxy) is 7. The number of benzene rings is 6. The molecular weight excluding hydrogens is 1790 g/mol. The molecule has 2 saturated heterocycles. The molecule has 23 N–H and O–H groups in total. The van der Waals surface area contributed by atoms with Crippen molar-refractivity contribution in [2.45, 2.75) is 233 Å². The zero-order chi connectivity index (χ0) is 96.2. The second kappa shape index (κ2) is 42.3. The second-order valence-corrected chi connectivity index (χ2v) is 37.3. The van der Waals surface area contributed by atoms with E-state index in [1.807, 2.05) is 13.8 Å². The topological polar surface area (TPSA) is 588 Å². The number of nitrogens with one attached hydrogen (secondary N) is 12. The number of phenolic OH excluding ortho intramolecular Hbond substituents is 3. The number of urea groups is 1. The van der Waals surface area contributed by atoms with Gasteiger partial charge in [0.25, 0.3) is 0 Å². The first-order valence-electron chi connectivity index (χ1n) is 44.8. The van der Waals surface area contributed by atoms with Gasteiger partial charge < -0.3 is 143 Å². The molecule has 4 saturated carbocycles. The number of amides is 11. The van der Waals surface area contributed by atoms with Crippen LogP contribution in [0.2, 0.25) is 10.0 Å². The van der Waals surface area contributed by atoms with E-state index in [-0.39, 0.29) is 93.4 Å². The zero-order valence-corrected chi connectivity index (χ0v) is 76.1. The molecule has 11 amide bonds. The van der Waals surface area contributed by atoms with Crippen LogP contribution in [0.4, 0.5) is 10.5 Å². The van der Waals surface area contributed by atoms with E-state index in [0.29, 0.717) is 49.9 Å². The maximum absolute atomic E-state index is 16.9. The second-order valence-electron chi connectivity index (χ2n) is 36.4. The van der Waals surface area contributed by atoms with E-state index in [9.17, 15) is 65.1 Å². The fourth-order valence-corrected chi connectivity index (χ4v) is 19.8. The van der Waals surface area contributed by atoms with Gasteiger partial charge in [0.2, 0.25) is 65.2 Å². The minimum atomic E-state index is -2.45. The molecule has 11 aliphatic rings. The number of aliphatic hydroxyl groups is 6. The molecule has 0 aromatic heterocycles. The molecule has 39 nitrogen and oxygen atoms in total. The van der Waals surface area contributed by atoms with Gasteiger partial charge in [0.1, 0.15) is 101 Å². The monoisotopic (exact) mass is 1900 g/mol. The number of likely N-dealkylation sites (N-methyl/N-ethyl adjacent to an activating group) is 1. The molecule has 41 heteroatoms. The van der Waals surface area contributed by atoms with E-state index >= 15 is 28.8 Å². The highest BCUT2D eigenvalue weighted by atomic mass is 35.5. The van der Waals surface area contributed by atoms with Crippen molar-refractivity contribution < 1.29 is 127 Å². The van der Waals surface area contributed by atoms with E-state index < -0.39 is 237 Å². The molecule has 6 aromatic carbocycles. The number of rotatable bonds is 25. The average molecular weight is 1900 g/mol. The summed E-state index contributed by atoms with van der Waals surface area (Å²) >= 11 is 14.6. The van der Waals surface area contributed by atoms with Gasteiger partial charge in [0.15, 0.2) is 23.9 Å². The molecule has 722 valence electrons. The number of unbranched alkanes of at least 4 members (excludes halogenated alkanes) is 3. The van der Waals surface area contributed by atoms with Crippen molar-refractivity contribution in [1.82, 2.24) is 58.5 Å². The number of carbonyl (C=O) groups is 10. The van der Waals surface area contributed by atoms with Crippen LogP contribution in [-0.4, -0.2) is 224 Å². The minimum absolute atomic E-state index is 0.0215. The first kappa shape index (κ1) is 98.7. The van der Waals surface area contributed by atoms with Crippen LogP contribution in [0.3, 0.4) is 0 Å². The number of phenols is 3. The average Bonchev–Trinajstić information content (AvgIpc) is 0.750. The summed E-state index contributed by atoms with van der Waals surface area (Å²) in [6.45, 7) is 7.60. The maximum Gasteiger partial charge on any atom is 0.325 e. The van der Waals surface area contributed by atoms with Gasteiger partial charge >= 0.3 is 6.03 Å². The van der Waals surface area contributed by atoms with Crippen LogP contribution >= 0.6 is 23.2 Å². The Bertz CT molecular complexity index is 5380. The molecule has 15 bridgehead atoms. The molecule has 17 rings (SSSR count). The summed E-state index contributed by atoms with van der Waals surface area (Å²) in [5.41, 5.74) is 2.78. The Morgan fingerprint density at radius 2 is 1.28 bits per heavy atom.